The third kappa shape index (κ3) is 4.89. The van der Waals surface area contributed by atoms with Crippen molar-refractivity contribution in [2.75, 3.05) is 5.32 Å². The van der Waals surface area contributed by atoms with Gasteiger partial charge in [-0.25, -0.2) is 9.48 Å². The van der Waals surface area contributed by atoms with Gasteiger partial charge in [0.2, 0.25) is 0 Å². The van der Waals surface area contributed by atoms with Gasteiger partial charge >= 0.3 is 5.97 Å². The summed E-state index contributed by atoms with van der Waals surface area (Å²) in [6.07, 6.45) is 1.37. The molecule has 0 saturated carbocycles. The van der Waals surface area contributed by atoms with Gasteiger partial charge in [0, 0.05) is 16.4 Å². The first-order valence-corrected chi connectivity index (χ1v) is 9.15. The van der Waals surface area contributed by atoms with Crippen molar-refractivity contribution < 1.29 is 9.90 Å². The van der Waals surface area contributed by atoms with Gasteiger partial charge in [-0.2, -0.15) is 5.10 Å². The molecule has 1 aromatic heterocycles. The molecule has 0 unspecified atom stereocenters. The summed E-state index contributed by atoms with van der Waals surface area (Å²) in [4.78, 5) is 23.5. The summed E-state index contributed by atoms with van der Waals surface area (Å²) in [6.45, 7) is 1.75. The SMILES string of the molecule is Cc1[nH]n(-c2cccc(Cl)c2)c(=O)c1/C=N/NC(=S)Nc1ccc(C(=O)O)cc1. The molecular formula is C19H16ClN5O3S. The number of anilines is 1. The summed E-state index contributed by atoms with van der Waals surface area (Å²) in [6, 6.07) is 13.0. The first-order valence-electron chi connectivity index (χ1n) is 8.36. The van der Waals surface area contributed by atoms with Crippen LogP contribution in [0.4, 0.5) is 5.69 Å². The van der Waals surface area contributed by atoms with Crippen LogP contribution < -0.4 is 16.3 Å². The van der Waals surface area contributed by atoms with Gasteiger partial charge in [-0.15, -0.1) is 0 Å². The lowest BCUT2D eigenvalue weighted by Crippen LogP contribution is -2.24. The van der Waals surface area contributed by atoms with Crippen molar-refractivity contribution in [1.29, 1.82) is 0 Å². The summed E-state index contributed by atoms with van der Waals surface area (Å²) in [5.74, 6) is -1.01. The third-order valence-electron chi connectivity index (χ3n) is 3.93. The zero-order chi connectivity index (χ0) is 21.0. The van der Waals surface area contributed by atoms with Crippen molar-refractivity contribution >= 4 is 46.8 Å². The van der Waals surface area contributed by atoms with Crippen LogP contribution in [0.5, 0.6) is 0 Å². The van der Waals surface area contributed by atoms with E-state index in [0.29, 0.717) is 27.7 Å². The average molecular weight is 430 g/mol. The molecule has 0 aliphatic rings. The molecule has 3 aromatic rings. The van der Waals surface area contributed by atoms with E-state index in [1.807, 2.05) is 0 Å². The topological polar surface area (TPSA) is 112 Å². The van der Waals surface area contributed by atoms with Crippen molar-refractivity contribution in [1.82, 2.24) is 15.2 Å². The van der Waals surface area contributed by atoms with Gasteiger partial charge in [0.1, 0.15) is 0 Å². The normalized spacial score (nSPS) is 10.8. The van der Waals surface area contributed by atoms with Crippen LogP contribution in [-0.2, 0) is 0 Å². The minimum atomic E-state index is -1.01. The fourth-order valence-corrected chi connectivity index (χ4v) is 2.87. The van der Waals surface area contributed by atoms with E-state index in [1.165, 1.54) is 23.0 Å². The van der Waals surface area contributed by atoms with Crippen LogP contribution in [0.15, 0.2) is 58.4 Å². The van der Waals surface area contributed by atoms with E-state index in [4.69, 9.17) is 28.9 Å². The van der Waals surface area contributed by atoms with Crippen molar-refractivity contribution in [2.45, 2.75) is 6.92 Å². The molecule has 0 radical (unpaired) electrons. The highest BCUT2D eigenvalue weighted by Crippen LogP contribution is 2.13. The predicted molar refractivity (Wildman–Crippen MR) is 116 cm³/mol. The summed E-state index contributed by atoms with van der Waals surface area (Å²) in [5.41, 5.74) is 4.72. The minimum Gasteiger partial charge on any atom is -0.478 e. The van der Waals surface area contributed by atoms with Gasteiger partial charge in [-0.05, 0) is 61.6 Å². The molecule has 0 bridgehead atoms. The standard InChI is InChI=1S/C19H16ClN5O3S/c1-11-16(17(26)25(24-11)15-4-2-3-13(20)9-15)10-21-23-19(29)22-14-7-5-12(6-8-14)18(27)28/h2-10,24H,1H3,(H,27,28)(H2,22,23,29)/b21-10+. The van der Waals surface area contributed by atoms with Crippen molar-refractivity contribution in [3.05, 3.63) is 80.7 Å². The molecule has 4 N–H and O–H groups in total. The molecular weight excluding hydrogens is 414 g/mol. The zero-order valence-corrected chi connectivity index (χ0v) is 16.7. The lowest BCUT2D eigenvalue weighted by atomic mass is 10.2. The number of nitrogens with zero attached hydrogens (tertiary/aromatic N) is 2. The number of hydrazone groups is 1. The van der Waals surface area contributed by atoms with E-state index in [0.717, 1.165) is 0 Å². The number of hydrogen-bond donors (Lipinski definition) is 4. The Kier molecular flexibility index (Phi) is 6.10. The Hall–Kier alpha value is -3.43. The van der Waals surface area contributed by atoms with E-state index < -0.39 is 5.97 Å². The largest absolute Gasteiger partial charge is 0.478 e. The number of aromatic nitrogens is 2. The number of carboxylic acid groups (broad SMARTS) is 1. The van der Waals surface area contributed by atoms with Crippen molar-refractivity contribution in [2.24, 2.45) is 5.10 Å². The number of aromatic carboxylic acids is 1. The van der Waals surface area contributed by atoms with Gasteiger partial charge in [0.15, 0.2) is 5.11 Å². The highest BCUT2D eigenvalue weighted by molar-refractivity contribution is 7.80. The second-order valence-electron chi connectivity index (χ2n) is 5.98. The second-order valence-corrected chi connectivity index (χ2v) is 6.82. The molecule has 148 valence electrons. The molecule has 0 amide bonds. The number of halogens is 1. The summed E-state index contributed by atoms with van der Waals surface area (Å²) in [5, 5.41) is 19.5. The first-order chi connectivity index (χ1) is 13.8. The Morgan fingerprint density at radius 3 is 2.66 bits per heavy atom. The van der Waals surface area contributed by atoms with Crippen LogP contribution in [0.3, 0.4) is 0 Å². The molecule has 0 saturated heterocycles. The molecule has 0 fully saturated rings. The lowest BCUT2D eigenvalue weighted by molar-refractivity contribution is 0.0697. The average Bonchev–Trinajstić information content (AvgIpc) is 2.96. The quantitative estimate of drug-likeness (QED) is 0.281. The Balaban J connectivity index is 1.68. The molecule has 3 rings (SSSR count). The van der Waals surface area contributed by atoms with Crippen LogP contribution in [0.1, 0.15) is 21.6 Å². The number of aromatic amines is 1. The van der Waals surface area contributed by atoms with E-state index >= 15 is 0 Å². The molecule has 0 aliphatic carbocycles. The molecule has 0 spiro atoms. The van der Waals surface area contributed by atoms with E-state index in [9.17, 15) is 9.59 Å². The Morgan fingerprint density at radius 1 is 1.28 bits per heavy atom. The lowest BCUT2D eigenvalue weighted by Gasteiger charge is -2.06. The predicted octanol–water partition coefficient (Wildman–Crippen LogP) is 3.15. The Labute approximate surface area is 175 Å². The third-order valence-corrected chi connectivity index (χ3v) is 4.36. The minimum absolute atomic E-state index is 0.173. The second kappa shape index (κ2) is 8.72. The fraction of sp³-hybridized carbons (Fsp3) is 0.0526. The van der Waals surface area contributed by atoms with Gasteiger partial charge in [0.25, 0.3) is 5.56 Å². The monoisotopic (exact) mass is 429 g/mol. The van der Waals surface area contributed by atoms with E-state index in [1.54, 1.807) is 43.3 Å². The number of thiocarbonyl (C=S) groups is 1. The molecule has 8 nitrogen and oxygen atoms in total. The van der Waals surface area contributed by atoms with Crippen molar-refractivity contribution in [3.8, 4) is 5.69 Å². The van der Waals surface area contributed by atoms with E-state index in [-0.39, 0.29) is 16.2 Å². The molecule has 2 aromatic carbocycles. The number of H-pyrrole nitrogens is 1. The highest BCUT2D eigenvalue weighted by Gasteiger charge is 2.11. The number of benzene rings is 2. The van der Waals surface area contributed by atoms with Crippen LogP contribution in [0.25, 0.3) is 5.69 Å². The summed E-state index contributed by atoms with van der Waals surface area (Å²) in [7, 11) is 0. The van der Waals surface area contributed by atoms with Gasteiger partial charge in [0.05, 0.1) is 23.0 Å². The number of hydrogen-bond acceptors (Lipinski definition) is 4. The summed E-state index contributed by atoms with van der Waals surface area (Å²) >= 11 is 11.1. The number of rotatable bonds is 5. The number of carbonyl (C=O) groups is 1. The van der Waals surface area contributed by atoms with Gasteiger partial charge in [-0.1, -0.05) is 17.7 Å². The molecule has 0 atom stereocenters. The number of aryl methyl sites for hydroxylation is 1. The maximum absolute atomic E-state index is 12.6. The molecule has 0 aliphatic heterocycles. The summed E-state index contributed by atoms with van der Waals surface area (Å²) < 4.78 is 1.38. The smallest absolute Gasteiger partial charge is 0.335 e. The van der Waals surface area contributed by atoms with Crippen molar-refractivity contribution in [3.63, 3.8) is 0 Å². The fourth-order valence-electron chi connectivity index (χ4n) is 2.52. The maximum Gasteiger partial charge on any atom is 0.335 e. The highest BCUT2D eigenvalue weighted by atomic mass is 35.5. The van der Waals surface area contributed by atoms with Crippen LogP contribution in [0.2, 0.25) is 5.02 Å². The van der Waals surface area contributed by atoms with Crippen LogP contribution in [-0.4, -0.2) is 32.2 Å². The van der Waals surface area contributed by atoms with Gasteiger partial charge < -0.3 is 10.4 Å². The first kappa shape index (κ1) is 20.3. The zero-order valence-electron chi connectivity index (χ0n) is 15.1. The molecule has 29 heavy (non-hydrogen) atoms. The van der Waals surface area contributed by atoms with Crippen LogP contribution in [0, 0.1) is 6.92 Å². The molecule has 1 heterocycles. The van der Waals surface area contributed by atoms with Crippen LogP contribution >= 0.6 is 23.8 Å². The Bertz CT molecular complexity index is 1150. The van der Waals surface area contributed by atoms with Gasteiger partial charge in [-0.3, -0.25) is 15.3 Å². The maximum atomic E-state index is 12.6. The molecule has 10 heteroatoms. The Morgan fingerprint density at radius 2 is 2.00 bits per heavy atom. The van der Waals surface area contributed by atoms with E-state index in [2.05, 4.69) is 20.9 Å². The number of nitrogens with one attached hydrogen (secondary N) is 3. The number of carboxylic acids is 1.